The molecule has 3 unspecified atom stereocenters. The van der Waals surface area contributed by atoms with Crippen molar-refractivity contribution < 1.29 is 57.1 Å². The van der Waals surface area contributed by atoms with Gasteiger partial charge < -0.3 is 5.32 Å². The summed E-state index contributed by atoms with van der Waals surface area (Å²) >= 11 is 0. The van der Waals surface area contributed by atoms with E-state index in [0.717, 1.165) is 0 Å². The summed E-state index contributed by atoms with van der Waals surface area (Å²) in [7, 11) is 0. The predicted octanol–water partition coefficient (Wildman–Crippen LogP) is 9.74. The molecule has 2 bridgehead atoms. The molecule has 14 heteroatoms. The second-order valence-electron chi connectivity index (χ2n) is 10.4. The standard InChI is InChI=1S/C28H16F13N/c1-6-3-8-4-9(7(6)2)10(5-8)11-14(29)23(38)27(24(39)15(11)30)42-28-25(40)18(33)13(19(34)26(28)41)12-16(31)20(35)22(37)21(36)17(12)32/h6-8,42H,3-5H2,1-2H3. The minimum atomic E-state index is -2.79. The van der Waals surface area contributed by atoms with E-state index in [-0.39, 0.29) is 29.7 Å². The van der Waals surface area contributed by atoms with Gasteiger partial charge in [-0.15, -0.1) is 0 Å². The van der Waals surface area contributed by atoms with Crippen LogP contribution in [0.3, 0.4) is 0 Å². The molecule has 0 aromatic heterocycles. The second-order valence-corrected chi connectivity index (χ2v) is 10.4. The maximum atomic E-state index is 15.2. The van der Waals surface area contributed by atoms with Gasteiger partial charge in [-0.2, -0.15) is 0 Å². The van der Waals surface area contributed by atoms with Crippen molar-refractivity contribution in [2.75, 3.05) is 5.32 Å². The number of fused-ring (bicyclic) bond motifs is 2. The minimum absolute atomic E-state index is 0.0258. The third-order valence-electron chi connectivity index (χ3n) is 8.04. The molecule has 1 saturated carbocycles. The maximum Gasteiger partial charge on any atom is 0.200 e. The van der Waals surface area contributed by atoms with E-state index in [1.165, 1.54) is 5.32 Å². The Labute approximate surface area is 228 Å². The molecule has 2 aliphatic rings. The summed E-state index contributed by atoms with van der Waals surface area (Å²) in [6.07, 6.45) is 1.23. The van der Waals surface area contributed by atoms with Crippen molar-refractivity contribution in [2.45, 2.75) is 33.1 Å². The monoisotopic (exact) mass is 613 g/mol. The van der Waals surface area contributed by atoms with Crippen LogP contribution in [0, 0.1) is 93.4 Å². The number of allylic oxidation sites excluding steroid dienone is 2. The summed E-state index contributed by atoms with van der Waals surface area (Å²) in [4.78, 5) is 0. The number of benzene rings is 3. The van der Waals surface area contributed by atoms with Crippen LogP contribution in [0.15, 0.2) is 5.57 Å². The summed E-state index contributed by atoms with van der Waals surface area (Å²) < 4.78 is 189. The van der Waals surface area contributed by atoms with Crippen molar-refractivity contribution in [3.05, 3.63) is 86.8 Å². The summed E-state index contributed by atoms with van der Waals surface area (Å²) in [5, 5.41) is 1.19. The fourth-order valence-corrected chi connectivity index (χ4v) is 5.81. The van der Waals surface area contributed by atoms with Crippen molar-refractivity contribution in [1.82, 2.24) is 0 Å². The largest absolute Gasteiger partial charge is 0.346 e. The molecule has 1 N–H and O–H groups in total. The van der Waals surface area contributed by atoms with Crippen molar-refractivity contribution >= 4 is 16.9 Å². The molecular formula is C28H16F13N. The molecule has 0 amide bonds. The fraction of sp³-hybridized carbons (Fsp3) is 0.286. The van der Waals surface area contributed by atoms with Crippen LogP contribution in [0.2, 0.25) is 0 Å². The molecule has 1 nitrogen and oxygen atoms in total. The van der Waals surface area contributed by atoms with Gasteiger partial charge in [-0.1, -0.05) is 19.4 Å². The van der Waals surface area contributed by atoms with Crippen LogP contribution in [0.5, 0.6) is 0 Å². The van der Waals surface area contributed by atoms with Crippen LogP contribution in [0.25, 0.3) is 16.7 Å². The Morgan fingerprint density at radius 1 is 0.452 bits per heavy atom. The minimum Gasteiger partial charge on any atom is -0.346 e. The molecule has 0 heterocycles. The molecule has 224 valence electrons. The lowest BCUT2D eigenvalue weighted by Crippen LogP contribution is -2.18. The van der Waals surface area contributed by atoms with E-state index in [4.69, 9.17) is 0 Å². The zero-order valence-electron chi connectivity index (χ0n) is 21.3. The molecule has 3 aromatic rings. The molecule has 0 spiro atoms. The molecule has 3 atom stereocenters. The highest BCUT2D eigenvalue weighted by atomic mass is 19.2. The fourth-order valence-electron chi connectivity index (χ4n) is 5.81. The lowest BCUT2D eigenvalue weighted by atomic mass is 9.76. The average molecular weight is 613 g/mol. The van der Waals surface area contributed by atoms with Crippen LogP contribution < -0.4 is 5.32 Å². The molecule has 0 radical (unpaired) electrons. The Morgan fingerprint density at radius 3 is 1.24 bits per heavy atom. The van der Waals surface area contributed by atoms with Crippen LogP contribution in [0.4, 0.5) is 68.5 Å². The molecule has 1 fully saturated rings. The van der Waals surface area contributed by atoms with Crippen molar-refractivity contribution in [2.24, 2.45) is 17.8 Å². The second kappa shape index (κ2) is 10.2. The van der Waals surface area contributed by atoms with Gasteiger partial charge in [0.15, 0.2) is 69.8 Å². The van der Waals surface area contributed by atoms with Gasteiger partial charge in [-0.3, -0.25) is 0 Å². The van der Waals surface area contributed by atoms with E-state index in [0.29, 0.717) is 18.4 Å². The van der Waals surface area contributed by atoms with Crippen molar-refractivity contribution in [1.29, 1.82) is 0 Å². The van der Waals surface area contributed by atoms with E-state index in [1.54, 1.807) is 6.92 Å². The summed E-state index contributed by atoms with van der Waals surface area (Å²) in [5.41, 5.74) is -9.25. The number of hydrogen-bond acceptors (Lipinski definition) is 1. The number of rotatable bonds is 4. The molecule has 0 saturated heterocycles. The van der Waals surface area contributed by atoms with E-state index in [9.17, 15) is 39.5 Å². The lowest BCUT2D eigenvalue weighted by Gasteiger charge is -2.29. The maximum absolute atomic E-state index is 15.2. The van der Waals surface area contributed by atoms with Crippen LogP contribution >= 0.6 is 0 Å². The normalized spacial score (nSPS) is 20.1. The van der Waals surface area contributed by atoms with Gasteiger partial charge >= 0.3 is 0 Å². The van der Waals surface area contributed by atoms with Gasteiger partial charge in [0.25, 0.3) is 0 Å². The first-order valence-corrected chi connectivity index (χ1v) is 12.3. The Kier molecular flexibility index (Phi) is 7.25. The Bertz CT molecular complexity index is 1620. The van der Waals surface area contributed by atoms with Crippen molar-refractivity contribution in [3.8, 4) is 11.1 Å². The quantitative estimate of drug-likeness (QED) is 0.176. The Hall–Kier alpha value is -3.71. The molecule has 0 aliphatic heterocycles. The van der Waals surface area contributed by atoms with Crippen LogP contribution in [0.1, 0.15) is 38.7 Å². The van der Waals surface area contributed by atoms with Gasteiger partial charge in [0.2, 0.25) is 5.82 Å². The predicted molar refractivity (Wildman–Crippen MR) is 124 cm³/mol. The molecule has 5 rings (SSSR count). The average Bonchev–Trinajstić information content (AvgIpc) is 3.31. The van der Waals surface area contributed by atoms with E-state index in [2.05, 4.69) is 0 Å². The zero-order valence-corrected chi connectivity index (χ0v) is 21.3. The zero-order chi connectivity index (χ0) is 31.1. The SMILES string of the molecule is CC1CC2CC(c3c(F)c(F)c(Nc4c(F)c(F)c(-c5c(F)c(F)c(F)c(F)c5F)c(F)c4F)c(F)c3F)=C(C2)C1C. The number of halogens is 13. The van der Waals surface area contributed by atoms with Crippen LogP contribution in [-0.2, 0) is 0 Å². The molecule has 2 aliphatic carbocycles. The van der Waals surface area contributed by atoms with E-state index in [1.807, 2.05) is 6.92 Å². The molecular weight excluding hydrogens is 597 g/mol. The topological polar surface area (TPSA) is 12.0 Å². The first-order chi connectivity index (χ1) is 19.6. The van der Waals surface area contributed by atoms with Gasteiger partial charge in [-0.05, 0) is 42.6 Å². The first-order valence-electron chi connectivity index (χ1n) is 12.3. The molecule has 3 aromatic carbocycles. The van der Waals surface area contributed by atoms with Crippen molar-refractivity contribution in [3.63, 3.8) is 0 Å². The number of nitrogens with one attached hydrogen (secondary N) is 1. The van der Waals surface area contributed by atoms with E-state index >= 15 is 17.6 Å². The summed E-state index contributed by atoms with van der Waals surface area (Å²) in [6, 6.07) is 0. The smallest absolute Gasteiger partial charge is 0.200 e. The Balaban J connectivity index is 1.65. The van der Waals surface area contributed by atoms with Crippen LogP contribution in [-0.4, -0.2) is 0 Å². The Morgan fingerprint density at radius 2 is 0.810 bits per heavy atom. The first kappa shape index (κ1) is 29.8. The number of anilines is 2. The highest BCUT2D eigenvalue weighted by Gasteiger charge is 2.40. The highest BCUT2D eigenvalue weighted by molar-refractivity contribution is 5.77. The van der Waals surface area contributed by atoms with Gasteiger partial charge in [-0.25, -0.2) is 57.1 Å². The lowest BCUT2D eigenvalue weighted by molar-refractivity contribution is 0.294. The van der Waals surface area contributed by atoms with Gasteiger partial charge in [0.05, 0.1) is 16.7 Å². The number of hydrogen-bond donors (Lipinski definition) is 1. The summed E-state index contributed by atoms with van der Waals surface area (Å²) in [6.45, 7) is 3.68. The highest BCUT2D eigenvalue weighted by Crippen LogP contribution is 2.52. The van der Waals surface area contributed by atoms with Gasteiger partial charge in [0.1, 0.15) is 11.4 Å². The third-order valence-corrected chi connectivity index (χ3v) is 8.04. The third kappa shape index (κ3) is 4.16. The molecule has 42 heavy (non-hydrogen) atoms. The summed E-state index contributed by atoms with van der Waals surface area (Å²) in [5.74, 6) is -33.2. The van der Waals surface area contributed by atoms with E-state index < -0.39 is 104 Å². The van der Waals surface area contributed by atoms with Gasteiger partial charge in [0, 0.05) is 0 Å².